The largest absolute Gasteiger partial charge is 0.454 e. The van der Waals surface area contributed by atoms with Gasteiger partial charge in [0.2, 0.25) is 6.79 Å². The molecular formula is C12H14ClNO4. The first-order valence-electron chi connectivity index (χ1n) is 5.66. The van der Waals surface area contributed by atoms with Crippen LogP contribution < -0.4 is 14.8 Å². The molecule has 1 atom stereocenters. The summed E-state index contributed by atoms with van der Waals surface area (Å²) in [6.45, 7) is 1.89. The van der Waals surface area contributed by atoms with Gasteiger partial charge in [0.05, 0.1) is 17.7 Å². The van der Waals surface area contributed by atoms with Crippen molar-refractivity contribution in [3.8, 4) is 11.5 Å². The second-order valence-electron chi connectivity index (χ2n) is 3.95. The Balaban J connectivity index is 2.19. The highest BCUT2D eigenvalue weighted by Gasteiger charge is 2.21. The smallest absolute Gasteiger partial charge is 0.251 e. The van der Waals surface area contributed by atoms with Gasteiger partial charge in [-0.2, -0.15) is 0 Å². The van der Waals surface area contributed by atoms with Crippen LogP contribution in [0.25, 0.3) is 0 Å². The normalized spacial score (nSPS) is 14.4. The van der Waals surface area contributed by atoms with Crippen molar-refractivity contribution in [2.75, 3.05) is 13.4 Å². The quantitative estimate of drug-likeness (QED) is 0.872. The molecule has 1 aliphatic rings. The lowest BCUT2D eigenvalue weighted by molar-refractivity contribution is 0.0914. The van der Waals surface area contributed by atoms with Gasteiger partial charge in [0, 0.05) is 5.56 Å². The Bertz CT molecular complexity index is 460. The molecule has 0 fully saturated rings. The molecule has 18 heavy (non-hydrogen) atoms. The number of carbonyl (C=O) groups excluding carboxylic acids is 1. The van der Waals surface area contributed by atoms with Gasteiger partial charge in [-0.1, -0.05) is 18.5 Å². The standard InChI is InChI=1S/C12H14ClNO4/c1-2-8(5-15)14-12(16)7-3-9(13)11-10(4-7)17-6-18-11/h3-4,8,15H,2,5-6H2,1H3,(H,14,16)/t8-/m0/s1. The molecule has 0 radical (unpaired) electrons. The second kappa shape index (κ2) is 5.46. The maximum Gasteiger partial charge on any atom is 0.251 e. The van der Waals surface area contributed by atoms with E-state index in [9.17, 15) is 4.79 Å². The number of halogens is 1. The lowest BCUT2D eigenvalue weighted by atomic mass is 10.1. The number of aliphatic hydroxyl groups is 1. The van der Waals surface area contributed by atoms with E-state index in [4.69, 9.17) is 26.2 Å². The number of amides is 1. The summed E-state index contributed by atoms with van der Waals surface area (Å²) in [7, 11) is 0. The summed E-state index contributed by atoms with van der Waals surface area (Å²) in [5.74, 6) is 0.628. The van der Waals surface area contributed by atoms with Gasteiger partial charge in [-0.05, 0) is 18.6 Å². The number of rotatable bonds is 4. The van der Waals surface area contributed by atoms with Crippen molar-refractivity contribution in [3.05, 3.63) is 22.7 Å². The molecule has 2 rings (SSSR count). The highest BCUT2D eigenvalue weighted by molar-refractivity contribution is 6.32. The molecule has 1 aromatic carbocycles. The Labute approximate surface area is 110 Å². The molecule has 6 heteroatoms. The molecule has 98 valence electrons. The van der Waals surface area contributed by atoms with Gasteiger partial charge < -0.3 is 19.9 Å². The van der Waals surface area contributed by atoms with Crippen LogP contribution in [-0.4, -0.2) is 30.5 Å². The van der Waals surface area contributed by atoms with Crippen molar-refractivity contribution in [3.63, 3.8) is 0 Å². The van der Waals surface area contributed by atoms with Crippen molar-refractivity contribution >= 4 is 17.5 Å². The van der Waals surface area contributed by atoms with Crippen molar-refractivity contribution < 1.29 is 19.4 Å². The van der Waals surface area contributed by atoms with Crippen LogP contribution in [0.4, 0.5) is 0 Å². The van der Waals surface area contributed by atoms with Crippen LogP contribution in [0.3, 0.4) is 0 Å². The number of nitrogens with one attached hydrogen (secondary N) is 1. The number of fused-ring (bicyclic) bond motifs is 1. The van der Waals surface area contributed by atoms with E-state index in [-0.39, 0.29) is 25.3 Å². The monoisotopic (exact) mass is 271 g/mol. The predicted octanol–water partition coefficient (Wildman–Crippen LogP) is 1.57. The van der Waals surface area contributed by atoms with Gasteiger partial charge in [-0.15, -0.1) is 0 Å². The fraction of sp³-hybridized carbons (Fsp3) is 0.417. The van der Waals surface area contributed by atoms with Crippen LogP contribution in [0, 0.1) is 0 Å². The van der Waals surface area contributed by atoms with E-state index in [1.54, 1.807) is 6.07 Å². The summed E-state index contributed by atoms with van der Waals surface area (Å²) >= 11 is 5.99. The van der Waals surface area contributed by atoms with Gasteiger partial charge in [-0.3, -0.25) is 4.79 Å². The topological polar surface area (TPSA) is 67.8 Å². The van der Waals surface area contributed by atoms with E-state index >= 15 is 0 Å². The van der Waals surface area contributed by atoms with E-state index in [1.807, 2.05) is 6.92 Å². The van der Waals surface area contributed by atoms with Crippen molar-refractivity contribution in [2.45, 2.75) is 19.4 Å². The SMILES string of the molecule is CC[C@@H](CO)NC(=O)c1cc(Cl)c2c(c1)OCO2. The Morgan fingerprint density at radius 3 is 3.00 bits per heavy atom. The average Bonchev–Trinajstić information content (AvgIpc) is 2.84. The molecule has 0 saturated carbocycles. The highest BCUT2D eigenvalue weighted by atomic mass is 35.5. The zero-order valence-electron chi connectivity index (χ0n) is 9.90. The molecule has 0 spiro atoms. The fourth-order valence-corrected chi connectivity index (χ4v) is 1.91. The van der Waals surface area contributed by atoms with Gasteiger partial charge in [0.15, 0.2) is 11.5 Å². The number of ether oxygens (including phenoxy) is 2. The lowest BCUT2D eigenvalue weighted by Crippen LogP contribution is -2.36. The summed E-state index contributed by atoms with van der Waals surface area (Å²) in [5.41, 5.74) is 0.385. The van der Waals surface area contributed by atoms with E-state index in [1.165, 1.54) is 6.07 Å². The third kappa shape index (κ3) is 2.52. The van der Waals surface area contributed by atoms with E-state index in [2.05, 4.69) is 5.32 Å². The van der Waals surface area contributed by atoms with E-state index < -0.39 is 0 Å². The third-order valence-electron chi connectivity index (χ3n) is 2.74. The minimum absolute atomic E-state index is 0.0967. The highest BCUT2D eigenvalue weighted by Crippen LogP contribution is 2.39. The van der Waals surface area contributed by atoms with Gasteiger partial charge >= 0.3 is 0 Å². The first-order chi connectivity index (χ1) is 8.65. The molecular weight excluding hydrogens is 258 g/mol. The maximum absolute atomic E-state index is 11.9. The fourth-order valence-electron chi connectivity index (χ4n) is 1.64. The van der Waals surface area contributed by atoms with Crippen molar-refractivity contribution in [2.24, 2.45) is 0 Å². The molecule has 0 saturated heterocycles. The Morgan fingerprint density at radius 1 is 1.56 bits per heavy atom. The summed E-state index contributed by atoms with van der Waals surface area (Å²) in [4.78, 5) is 11.9. The van der Waals surface area contributed by atoms with Gasteiger partial charge in [0.1, 0.15) is 0 Å². The summed E-state index contributed by atoms with van der Waals surface area (Å²) < 4.78 is 10.4. The molecule has 2 N–H and O–H groups in total. The first kappa shape index (κ1) is 13.0. The molecule has 1 aliphatic heterocycles. The van der Waals surface area contributed by atoms with Gasteiger partial charge in [-0.25, -0.2) is 0 Å². The van der Waals surface area contributed by atoms with Crippen LogP contribution in [0.1, 0.15) is 23.7 Å². The van der Waals surface area contributed by atoms with E-state index in [0.717, 1.165) is 0 Å². The maximum atomic E-state index is 11.9. The van der Waals surface area contributed by atoms with Crippen molar-refractivity contribution in [1.29, 1.82) is 0 Å². The van der Waals surface area contributed by atoms with Crippen LogP contribution in [0.5, 0.6) is 11.5 Å². The number of aliphatic hydroxyl groups excluding tert-OH is 1. The molecule has 0 aliphatic carbocycles. The summed E-state index contributed by atoms with van der Waals surface area (Å²) in [5, 5.41) is 12.1. The molecule has 1 amide bonds. The van der Waals surface area contributed by atoms with Crippen LogP contribution >= 0.6 is 11.6 Å². The van der Waals surface area contributed by atoms with E-state index in [0.29, 0.717) is 28.5 Å². The average molecular weight is 272 g/mol. The van der Waals surface area contributed by atoms with Crippen molar-refractivity contribution in [1.82, 2.24) is 5.32 Å². The number of benzene rings is 1. The minimum atomic E-state index is -0.295. The Morgan fingerprint density at radius 2 is 2.33 bits per heavy atom. The number of carbonyl (C=O) groups is 1. The summed E-state index contributed by atoms with van der Waals surface area (Å²) in [6, 6.07) is 2.84. The van der Waals surface area contributed by atoms with Crippen LogP contribution in [0.15, 0.2) is 12.1 Å². The second-order valence-corrected chi connectivity index (χ2v) is 4.36. The molecule has 0 aromatic heterocycles. The summed E-state index contributed by atoms with van der Waals surface area (Å²) in [6.07, 6.45) is 0.653. The Kier molecular flexibility index (Phi) is 3.93. The molecule has 5 nitrogen and oxygen atoms in total. The zero-order valence-corrected chi connectivity index (χ0v) is 10.7. The van der Waals surface area contributed by atoms with Crippen LogP contribution in [-0.2, 0) is 0 Å². The lowest BCUT2D eigenvalue weighted by Gasteiger charge is -2.14. The number of hydrogen-bond acceptors (Lipinski definition) is 4. The molecule has 1 aromatic rings. The molecule has 0 unspecified atom stereocenters. The van der Waals surface area contributed by atoms with Gasteiger partial charge in [0.25, 0.3) is 5.91 Å². The third-order valence-corrected chi connectivity index (χ3v) is 3.02. The minimum Gasteiger partial charge on any atom is -0.454 e. The predicted molar refractivity (Wildman–Crippen MR) is 66.2 cm³/mol. The zero-order chi connectivity index (χ0) is 13.1. The number of hydrogen-bond donors (Lipinski definition) is 2. The first-order valence-corrected chi connectivity index (χ1v) is 6.04. The molecule has 0 bridgehead atoms. The Hall–Kier alpha value is -1.46. The molecule has 1 heterocycles. The van der Waals surface area contributed by atoms with Crippen LogP contribution in [0.2, 0.25) is 5.02 Å².